The molecule has 0 radical (unpaired) electrons. The van der Waals surface area contributed by atoms with E-state index >= 15 is 0 Å². The number of nitrogens with zero attached hydrogens (tertiary/aromatic N) is 2. The number of ether oxygens (including phenoxy) is 2. The fourth-order valence-corrected chi connectivity index (χ4v) is 4.16. The van der Waals surface area contributed by atoms with Gasteiger partial charge in [0.2, 0.25) is 5.78 Å². The quantitative estimate of drug-likeness (QED) is 0.599. The van der Waals surface area contributed by atoms with Crippen molar-refractivity contribution in [1.29, 1.82) is 0 Å². The van der Waals surface area contributed by atoms with Gasteiger partial charge in [0.25, 0.3) is 5.91 Å². The molecule has 0 saturated carbocycles. The van der Waals surface area contributed by atoms with Crippen LogP contribution in [0.5, 0.6) is 11.5 Å². The Morgan fingerprint density at radius 1 is 1.19 bits per heavy atom. The Morgan fingerprint density at radius 2 is 1.97 bits per heavy atom. The summed E-state index contributed by atoms with van der Waals surface area (Å²) < 4.78 is 15.8. The molecule has 2 N–H and O–H groups in total. The highest BCUT2D eigenvalue weighted by Crippen LogP contribution is 2.41. The third-order valence-corrected chi connectivity index (χ3v) is 5.79. The molecular weight excluding hydrogens is 416 g/mol. The van der Waals surface area contributed by atoms with Crippen molar-refractivity contribution >= 4 is 11.7 Å². The standard InChI is InChI=1S/C23H26N2O7/c1-30-18-14-15(5-6-16(18)26)20-19(21(27)17-4-2-11-32-17)22(28)23(29)25(20)8-3-7-24-9-12-31-13-10-24/h2,4-6,11,14,20,26,28H,3,7-10,12-13H2,1H3/t20-/m1/s1. The molecule has 1 aromatic carbocycles. The first-order valence-corrected chi connectivity index (χ1v) is 10.5. The summed E-state index contributed by atoms with van der Waals surface area (Å²) in [4.78, 5) is 29.9. The summed E-state index contributed by atoms with van der Waals surface area (Å²) in [5.41, 5.74) is 0.488. The molecule has 9 nitrogen and oxygen atoms in total. The minimum Gasteiger partial charge on any atom is -0.504 e. The number of furan rings is 1. The first kappa shape index (κ1) is 21.9. The lowest BCUT2D eigenvalue weighted by Crippen LogP contribution is -2.39. The van der Waals surface area contributed by atoms with Crippen LogP contribution in [-0.4, -0.2) is 78.2 Å². The zero-order chi connectivity index (χ0) is 22.7. The molecule has 170 valence electrons. The first-order chi connectivity index (χ1) is 15.5. The number of carbonyl (C=O) groups excluding carboxylic acids is 2. The van der Waals surface area contributed by atoms with Crippen molar-refractivity contribution in [3.8, 4) is 11.5 Å². The summed E-state index contributed by atoms with van der Waals surface area (Å²) in [6, 6.07) is 6.84. The molecule has 1 aromatic heterocycles. The molecule has 0 unspecified atom stereocenters. The highest BCUT2D eigenvalue weighted by atomic mass is 16.5. The molecule has 9 heteroatoms. The summed E-state index contributed by atoms with van der Waals surface area (Å²) in [6.45, 7) is 4.13. The molecule has 1 saturated heterocycles. The minimum absolute atomic E-state index is 0.0326. The van der Waals surface area contributed by atoms with E-state index in [1.54, 1.807) is 18.2 Å². The van der Waals surface area contributed by atoms with E-state index in [2.05, 4.69) is 4.90 Å². The summed E-state index contributed by atoms with van der Waals surface area (Å²) in [7, 11) is 1.42. The van der Waals surface area contributed by atoms with E-state index in [-0.39, 0.29) is 22.8 Å². The van der Waals surface area contributed by atoms with Gasteiger partial charge in [-0.2, -0.15) is 0 Å². The van der Waals surface area contributed by atoms with E-state index in [4.69, 9.17) is 13.9 Å². The number of aliphatic hydroxyl groups is 1. The normalized spacial score (nSPS) is 19.6. The van der Waals surface area contributed by atoms with Crippen molar-refractivity contribution < 1.29 is 33.7 Å². The summed E-state index contributed by atoms with van der Waals surface area (Å²) in [5, 5.41) is 20.7. The molecule has 32 heavy (non-hydrogen) atoms. The van der Waals surface area contributed by atoms with Crippen LogP contribution in [0.2, 0.25) is 0 Å². The Hall–Kier alpha value is -3.30. The molecule has 0 bridgehead atoms. The number of Topliss-reactive ketones (excluding diaryl/α,β-unsaturated/α-hetero) is 1. The van der Waals surface area contributed by atoms with Crippen molar-refractivity contribution in [2.45, 2.75) is 12.5 Å². The van der Waals surface area contributed by atoms with Crippen LogP contribution < -0.4 is 4.74 Å². The molecule has 0 aliphatic carbocycles. The molecule has 2 aromatic rings. The van der Waals surface area contributed by atoms with Crippen molar-refractivity contribution in [2.24, 2.45) is 0 Å². The summed E-state index contributed by atoms with van der Waals surface area (Å²) >= 11 is 0. The maximum atomic E-state index is 13.1. The van der Waals surface area contributed by atoms with Gasteiger partial charge in [-0.05, 0) is 36.2 Å². The Morgan fingerprint density at radius 3 is 2.66 bits per heavy atom. The van der Waals surface area contributed by atoms with Gasteiger partial charge in [0.1, 0.15) is 0 Å². The summed E-state index contributed by atoms with van der Waals surface area (Å²) in [6.07, 6.45) is 2.02. The van der Waals surface area contributed by atoms with Crippen LogP contribution in [0.15, 0.2) is 52.3 Å². The first-order valence-electron chi connectivity index (χ1n) is 10.5. The number of carbonyl (C=O) groups is 2. The minimum atomic E-state index is -0.834. The average molecular weight is 442 g/mol. The van der Waals surface area contributed by atoms with Gasteiger partial charge < -0.3 is 29.0 Å². The van der Waals surface area contributed by atoms with Crippen LogP contribution in [0.25, 0.3) is 0 Å². The largest absolute Gasteiger partial charge is 0.504 e. The number of morpholine rings is 1. The molecule has 1 atom stereocenters. The number of hydrogen-bond donors (Lipinski definition) is 2. The van der Waals surface area contributed by atoms with Crippen LogP contribution in [0.3, 0.4) is 0 Å². The Labute approximate surface area is 185 Å². The Kier molecular flexibility index (Phi) is 6.48. The number of aromatic hydroxyl groups is 1. The molecule has 1 amide bonds. The van der Waals surface area contributed by atoms with Crippen molar-refractivity contribution in [3.63, 3.8) is 0 Å². The van der Waals surface area contributed by atoms with E-state index < -0.39 is 23.5 Å². The van der Waals surface area contributed by atoms with Gasteiger partial charge in [-0.15, -0.1) is 0 Å². The van der Waals surface area contributed by atoms with Crippen LogP contribution in [0, 0.1) is 0 Å². The molecule has 1 fully saturated rings. The van der Waals surface area contributed by atoms with Crippen molar-refractivity contribution in [3.05, 3.63) is 59.3 Å². The van der Waals surface area contributed by atoms with Gasteiger partial charge in [-0.25, -0.2) is 0 Å². The highest BCUT2D eigenvalue weighted by Gasteiger charge is 2.44. The van der Waals surface area contributed by atoms with Gasteiger partial charge in [0.05, 0.1) is 38.2 Å². The second-order valence-corrected chi connectivity index (χ2v) is 7.71. The van der Waals surface area contributed by atoms with Crippen molar-refractivity contribution in [2.75, 3.05) is 46.5 Å². The number of hydrogen-bond acceptors (Lipinski definition) is 8. The van der Waals surface area contributed by atoms with Gasteiger partial charge in [0.15, 0.2) is 23.0 Å². The summed E-state index contributed by atoms with van der Waals surface area (Å²) in [5.74, 6) is -1.58. The third-order valence-electron chi connectivity index (χ3n) is 5.79. The van der Waals surface area contributed by atoms with Gasteiger partial charge in [0, 0.05) is 26.2 Å². The van der Waals surface area contributed by atoms with E-state index in [0.717, 1.165) is 19.6 Å². The monoisotopic (exact) mass is 442 g/mol. The molecular formula is C23H26N2O7. The lowest BCUT2D eigenvalue weighted by atomic mass is 9.94. The molecule has 2 aliphatic heterocycles. The zero-order valence-electron chi connectivity index (χ0n) is 17.8. The number of phenols is 1. The fourth-order valence-electron chi connectivity index (χ4n) is 4.16. The predicted octanol–water partition coefficient (Wildman–Crippen LogP) is 2.29. The van der Waals surface area contributed by atoms with Gasteiger partial charge in [-0.1, -0.05) is 6.07 Å². The number of rotatable bonds is 8. The molecule has 2 aliphatic rings. The number of benzene rings is 1. The zero-order valence-corrected chi connectivity index (χ0v) is 17.8. The van der Waals surface area contributed by atoms with E-state index in [1.165, 1.54) is 30.4 Å². The maximum absolute atomic E-state index is 13.1. The molecule has 3 heterocycles. The average Bonchev–Trinajstić information content (AvgIpc) is 3.43. The van der Waals surface area contributed by atoms with Crippen LogP contribution in [0.4, 0.5) is 0 Å². The van der Waals surface area contributed by atoms with Gasteiger partial charge in [-0.3, -0.25) is 14.5 Å². The van der Waals surface area contributed by atoms with E-state index in [1.807, 2.05) is 0 Å². The van der Waals surface area contributed by atoms with Crippen molar-refractivity contribution in [1.82, 2.24) is 9.80 Å². The highest BCUT2D eigenvalue weighted by molar-refractivity contribution is 6.15. The Bertz CT molecular complexity index is 1010. The van der Waals surface area contributed by atoms with Crippen LogP contribution in [-0.2, 0) is 9.53 Å². The van der Waals surface area contributed by atoms with Crippen LogP contribution >= 0.6 is 0 Å². The third kappa shape index (κ3) is 4.21. The van der Waals surface area contributed by atoms with E-state index in [0.29, 0.717) is 31.7 Å². The molecule has 4 rings (SSSR count). The van der Waals surface area contributed by atoms with Gasteiger partial charge >= 0.3 is 0 Å². The SMILES string of the molecule is COc1cc([C@@H]2C(C(=O)c3ccco3)=C(O)C(=O)N2CCCN2CCOCC2)ccc1O. The topological polar surface area (TPSA) is 113 Å². The predicted molar refractivity (Wildman–Crippen MR) is 114 cm³/mol. The maximum Gasteiger partial charge on any atom is 0.290 e. The Balaban J connectivity index is 1.64. The lowest BCUT2D eigenvalue weighted by Gasteiger charge is -2.30. The lowest BCUT2D eigenvalue weighted by molar-refractivity contribution is -0.129. The molecule has 0 spiro atoms. The number of ketones is 1. The number of aliphatic hydroxyl groups excluding tert-OH is 1. The van der Waals surface area contributed by atoms with E-state index in [9.17, 15) is 19.8 Å². The number of methoxy groups -OCH3 is 1. The number of phenolic OH excluding ortho intramolecular Hbond substituents is 1. The number of amides is 1. The second kappa shape index (κ2) is 9.46. The fraction of sp³-hybridized carbons (Fsp3) is 0.391. The smallest absolute Gasteiger partial charge is 0.290 e. The van der Waals surface area contributed by atoms with Crippen LogP contribution in [0.1, 0.15) is 28.6 Å². The second-order valence-electron chi connectivity index (χ2n) is 7.71.